The summed E-state index contributed by atoms with van der Waals surface area (Å²) in [4.78, 5) is 16.8. The molecule has 126 valence electrons. The fraction of sp³-hybridized carbons (Fsp3) is 0.438. The molecule has 0 aliphatic rings. The lowest BCUT2D eigenvalue weighted by Crippen LogP contribution is -2.49. The fourth-order valence-corrected chi connectivity index (χ4v) is 5.06. The van der Waals surface area contributed by atoms with Crippen LogP contribution < -0.4 is 5.48 Å². The second-order valence-electron chi connectivity index (χ2n) is 5.66. The zero-order valence-corrected chi connectivity index (χ0v) is 15.9. The van der Waals surface area contributed by atoms with Crippen LogP contribution in [0, 0.1) is 6.92 Å². The molecule has 0 saturated heterocycles. The lowest BCUT2D eigenvalue weighted by molar-refractivity contribution is -0.131. The van der Waals surface area contributed by atoms with Crippen LogP contribution in [-0.4, -0.2) is 26.7 Å². The lowest BCUT2D eigenvalue weighted by atomic mass is 10.0. The molecule has 2 aromatic heterocycles. The van der Waals surface area contributed by atoms with Gasteiger partial charge in [0.05, 0.1) is 6.26 Å². The average Bonchev–Trinajstić information content (AvgIpc) is 3.14. The maximum absolute atomic E-state index is 11.8. The van der Waals surface area contributed by atoms with Gasteiger partial charge in [-0.15, -0.1) is 22.7 Å². The van der Waals surface area contributed by atoms with E-state index in [0.717, 1.165) is 12.8 Å². The normalized spacial score (nSPS) is 15.2. The summed E-state index contributed by atoms with van der Waals surface area (Å²) in [6.45, 7) is 3.73. The maximum Gasteiger partial charge on any atom is 0.299 e. The number of thiophene rings is 2. The molecule has 0 fully saturated rings. The number of hydroxylamine groups is 1. The van der Waals surface area contributed by atoms with Crippen molar-refractivity contribution in [3.8, 4) is 9.75 Å². The SMILES string of the molecule is Cc1ccc(-c2ccc(CCCC(C)(C(=O)NO)[S+](C)[O-])s2)s1. The van der Waals surface area contributed by atoms with Gasteiger partial charge in [-0.2, -0.15) is 0 Å². The van der Waals surface area contributed by atoms with Crippen molar-refractivity contribution < 1.29 is 14.6 Å². The highest BCUT2D eigenvalue weighted by molar-refractivity contribution is 7.92. The van der Waals surface area contributed by atoms with Crippen LogP contribution in [0.4, 0.5) is 0 Å². The summed E-state index contributed by atoms with van der Waals surface area (Å²) in [6, 6.07) is 8.50. The van der Waals surface area contributed by atoms with Gasteiger partial charge in [0.25, 0.3) is 5.91 Å². The largest absolute Gasteiger partial charge is 0.616 e. The molecular weight excluding hydrogens is 350 g/mol. The quantitative estimate of drug-likeness (QED) is 0.442. The molecule has 0 radical (unpaired) electrons. The summed E-state index contributed by atoms with van der Waals surface area (Å²) in [5.41, 5.74) is 1.64. The van der Waals surface area contributed by atoms with Crippen LogP contribution in [0.2, 0.25) is 0 Å². The lowest BCUT2D eigenvalue weighted by Gasteiger charge is -2.27. The molecule has 0 aromatic carbocycles. The van der Waals surface area contributed by atoms with E-state index < -0.39 is 21.8 Å². The third kappa shape index (κ3) is 4.36. The minimum atomic E-state index is -1.35. The summed E-state index contributed by atoms with van der Waals surface area (Å²) in [5, 5.41) is 8.84. The molecule has 2 heterocycles. The van der Waals surface area contributed by atoms with E-state index in [1.807, 2.05) is 0 Å². The molecule has 7 heteroatoms. The highest BCUT2D eigenvalue weighted by atomic mass is 32.2. The van der Waals surface area contributed by atoms with Gasteiger partial charge >= 0.3 is 0 Å². The van der Waals surface area contributed by atoms with Crippen LogP contribution in [-0.2, 0) is 22.4 Å². The van der Waals surface area contributed by atoms with Gasteiger partial charge in [-0.1, -0.05) is 0 Å². The first-order chi connectivity index (χ1) is 10.9. The van der Waals surface area contributed by atoms with Gasteiger partial charge < -0.3 is 4.55 Å². The zero-order valence-electron chi connectivity index (χ0n) is 13.4. The van der Waals surface area contributed by atoms with Crippen LogP contribution in [0.15, 0.2) is 24.3 Å². The zero-order chi connectivity index (χ0) is 17.0. The molecule has 0 spiro atoms. The Hall–Kier alpha value is -0.860. The van der Waals surface area contributed by atoms with Gasteiger partial charge in [0.1, 0.15) is 0 Å². The highest BCUT2D eigenvalue weighted by Gasteiger charge is 2.42. The predicted molar refractivity (Wildman–Crippen MR) is 97.7 cm³/mol. The number of rotatable bonds is 7. The van der Waals surface area contributed by atoms with Crippen molar-refractivity contribution in [1.29, 1.82) is 0 Å². The highest BCUT2D eigenvalue weighted by Crippen LogP contribution is 2.34. The van der Waals surface area contributed by atoms with Gasteiger partial charge in [-0.05, 0) is 62.1 Å². The smallest absolute Gasteiger partial charge is 0.299 e. The molecule has 0 aliphatic carbocycles. The Morgan fingerprint density at radius 2 is 1.96 bits per heavy atom. The second kappa shape index (κ2) is 7.81. The minimum Gasteiger partial charge on any atom is -0.616 e. The van der Waals surface area contributed by atoms with Gasteiger partial charge in [-0.25, -0.2) is 5.48 Å². The summed E-state index contributed by atoms with van der Waals surface area (Å²) >= 11 is 2.19. The Kier molecular flexibility index (Phi) is 6.27. The van der Waals surface area contributed by atoms with Crippen molar-refractivity contribution in [3.05, 3.63) is 34.0 Å². The molecule has 23 heavy (non-hydrogen) atoms. The van der Waals surface area contributed by atoms with E-state index in [4.69, 9.17) is 5.21 Å². The average molecular weight is 372 g/mol. The van der Waals surface area contributed by atoms with Crippen LogP contribution in [0.5, 0.6) is 0 Å². The van der Waals surface area contributed by atoms with Gasteiger partial charge in [0, 0.05) is 25.9 Å². The van der Waals surface area contributed by atoms with E-state index in [9.17, 15) is 9.35 Å². The Balaban J connectivity index is 1.96. The van der Waals surface area contributed by atoms with Crippen LogP contribution in [0.1, 0.15) is 29.5 Å². The summed E-state index contributed by atoms with van der Waals surface area (Å²) < 4.78 is 10.8. The first kappa shape index (κ1) is 18.5. The third-order valence-electron chi connectivity index (χ3n) is 3.94. The number of carbonyl (C=O) groups is 1. The molecule has 2 rings (SSSR count). The minimum absolute atomic E-state index is 0.466. The molecule has 4 nitrogen and oxygen atoms in total. The fourth-order valence-electron chi connectivity index (χ4n) is 2.32. The standard InChI is InChI=1S/C16H21NO3S3/c1-11-6-8-13(21-11)14-9-7-12(22-14)5-4-10-16(2,23(3)20)15(18)17-19/h6-9,19H,4-5,10H2,1-3H3,(H,17,18). The van der Waals surface area contributed by atoms with Crippen molar-refractivity contribution in [2.45, 2.75) is 37.9 Å². The Labute approximate surface area is 147 Å². The number of nitrogens with one attached hydrogen (secondary N) is 1. The van der Waals surface area contributed by atoms with Crippen molar-refractivity contribution in [2.24, 2.45) is 0 Å². The van der Waals surface area contributed by atoms with Crippen LogP contribution in [0.25, 0.3) is 9.75 Å². The molecule has 0 aliphatic heterocycles. The molecule has 2 aromatic rings. The molecule has 0 saturated carbocycles. The van der Waals surface area contributed by atoms with Gasteiger partial charge in [-0.3, -0.25) is 10.0 Å². The second-order valence-corrected chi connectivity index (χ2v) is 9.92. The van der Waals surface area contributed by atoms with Gasteiger partial charge in [0.2, 0.25) is 4.75 Å². The number of hydrogen-bond donors (Lipinski definition) is 2. The first-order valence-electron chi connectivity index (χ1n) is 7.30. The Bertz CT molecular complexity index is 665. The van der Waals surface area contributed by atoms with E-state index in [2.05, 4.69) is 31.2 Å². The number of carbonyl (C=O) groups excluding carboxylic acids is 1. The molecule has 0 bridgehead atoms. The van der Waals surface area contributed by atoms with E-state index in [1.54, 1.807) is 35.1 Å². The van der Waals surface area contributed by atoms with Crippen molar-refractivity contribution >= 4 is 39.8 Å². The van der Waals surface area contributed by atoms with Crippen molar-refractivity contribution in [2.75, 3.05) is 6.26 Å². The molecular formula is C16H21NO3S3. The third-order valence-corrected chi connectivity index (χ3v) is 7.94. The van der Waals surface area contributed by atoms with E-state index >= 15 is 0 Å². The monoisotopic (exact) mass is 371 g/mol. The summed E-state index contributed by atoms with van der Waals surface area (Å²) in [7, 11) is 0. The summed E-state index contributed by atoms with van der Waals surface area (Å²) in [6.07, 6.45) is 3.54. The number of aryl methyl sites for hydroxylation is 2. The topological polar surface area (TPSA) is 72.4 Å². The molecule has 2 unspecified atom stereocenters. The number of hydrogen-bond acceptors (Lipinski definition) is 5. The molecule has 2 atom stereocenters. The Morgan fingerprint density at radius 3 is 2.52 bits per heavy atom. The van der Waals surface area contributed by atoms with Gasteiger partial charge in [0.15, 0.2) is 0 Å². The van der Waals surface area contributed by atoms with Crippen molar-refractivity contribution in [3.63, 3.8) is 0 Å². The van der Waals surface area contributed by atoms with E-state index in [1.165, 1.54) is 25.8 Å². The predicted octanol–water partition coefficient (Wildman–Crippen LogP) is 3.75. The van der Waals surface area contributed by atoms with E-state index in [0.29, 0.717) is 6.42 Å². The first-order valence-corrected chi connectivity index (χ1v) is 10.5. The van der Waals surface area contributed by atoms with Crippen LogP contribution >= 0.6 is 22.7 Å². The van der Waals surface area contributed by atoms with E-state index in [-0.39, 0.29) is 0 Å². The summed E-state index contributed by atoms with van der Waals surface area (Å²) in [5.74, 6) is -0.584. The van der Waals surface area contributed by atoms with Crippen LogP contribution in [0.3, 0.4) is 0 Å². The van der Waals surface area contributed by atoms with Crippen molar-refractivity contribution in [1.82, 2.24) is 5.48 Å². The number of amides is 1. The maximum atomic E-state index is 11.8. The molecule has 2 N–H and O–H groups in total. The molecule has 1 amide bonds. The Morgan fingerprint density at radius 1 is 1.30 bits per heavy atom.